The second kappa shape index (κ2) is 5.21. The van der Waals surface area contributed by atoms with Crippen molar-refractivity contribution in [1.29, 1.82) is 0 Å². The Morgan fingerprint density at radius 1 is 1.21 bits per heavy atom. The Morgan fingerprint density at radius 3 is 2.16 bits per heavy atom. The smallest absolute Gasteiger partial charge is 0.421 e. The first-order valence-corrected chi connectivity index (χ1v) is 5.47. The number of alkyl halides is 3. The number of aryl methyl sites for hydroxylation is 1. The summed E-state index contributed by atoms with van der Waals surface area (Å²) < 4.78 is 49.0. The van der Waals surface area contributed by atoms with Crippen LogP contribution in [0.2, 0.25) is 0 Å². The van der Waals surface area contributed by atoms with Crippen molar-refractivity contribution in [2.45, 2.75) is 25.6 Å². The molecule has 0 spiro atoms. The molecule has 6 heteroatoms. The fourth-order valence-corrected chi connectivity index (χ4v) is 1.86. The topological polar surface area (TPSA) is 35.5 Å². The molecular formula is C13H15F3O3. The van der Waals surface area contributed by atoms with Crippen molar-refractivity contribution >= 4 is 6.29 Å². The average molecular weight is 276 g/mol. The molecule has 106 valence electrons. The van der Waals surface area contributed by atoms with E-state index in [0.717, 1.165) is 20.1 Å². The molecule has 0 N–H and O–H groups in total. The largest absolute Gasteiger partial charge is 0.496 e. The van der Waals surface area contributed by atoms with Gasteiger partial charge in [0.05, 0.1) is 12.7 Å². The van der Waals surface area contributed by atoms with Crippen LogP contribution in [0.15, 0.2) is 12.1 Å². The first kappa shape index (κ1) is 15.5. The highest BCUT2D eigenvalue weighted by Crippen LogP contribution is 2.43. The van der Waals surface area contributed by atoms with Gasteiger partial charge in [-0.15, -0.1) is 0 Å². The molecule has 0 fully saturated rings. The molecule has 0 saturated carbocycles. The molecule has 0 saturated heterocycles. The fraction of sp³-hybridized carbons (Fsp3) is 0.462. The Bertz CT molecular complexity index is 483. The zero-order valence-corrected chi connectivity index (χ0v) is 11.1. The van der Waals surface area contributed by atoms with Crippen molar-refractivity contribution in [2.75, 3.05) is 14.2 Å². The first-order valence-electron chi connectivity index (χ1n) is 5.47. The molecule has 0 aliphatic carbocycles. The standard InChI is InChI=1S/C13H15F3O3/c1-8-5-11(18-3)9(7-17)6-10(8)12(2,19-4)13(14,15)16/h5-7H,1-4H3. The summed E-state index contributed by atoms with van der Waals surface area (Å²) in [5.74, 6) is 0.233. The average Bonchev–Trinajstić information content (AvgIpc) is 2.35. The minimum atomic E-state index is -4.60. The molecule has 19 heavy (non-hydrogen) atoms. The van der Waals surface area contributed by atoms with Crippen molar-refractivity contribution in [3.05, 3.63) is 28.8 Å². The minimum absolute atomic E-state index is 0.0515. The number of carbonyl (C=O) groups excluding carboxylic acids is 1. The molecule has 1 rings (SSSR count). The zero-order chi connectivity index (χ0) is 14.8. The predicted molar refractivity (Wildman–Crippen MR) is 63.5 cm³/mol. The number of halogens is 3. The third kappa shape index (κ3) is 2.58. The molecule has 0 amide bonds. The normalized spacial score (nSPS) is 14.9. The van der Waals surface area contributed by atoms with E-state index >= 15 is 0 Å². The van der Waals surface area contributed by atoms with Gasteiger partial charge in [-0.3, -0.25) is 4.79 Å². The van der Waals surface area contributed by atoms with Gasteiger partial charge < -0.3 is 9.47 Å². The number of methoxy groups -OCH3 is 2. The Morgan fingerprint density at radius 2 is 1.79 bits per heavy atom. The van der Waals surface area contributed by atoms with Gasteiger partial charge in [-0.05, 0) is 37.1 Å². The van der Waals surface area contributed by atoms with Gasteiger partial charge in [0.25, 0.3) is 0 Å². The van der Waals surface area contributed by atoms with Crippen LogP contribution in [0.4, 0.5) is 13.2 Å². The quantitative estimate of drug-likeness (QED) is 0.792. The van der Waals surface area contributed by atoms with Gasteiger partial charge in [0.2, 0.25) is 0 Å². The van der Waals surface area contributed by atoms with Crippen LogP contribution in [-0.4, -0.2) is 26.7 Å². The summed E-state index contributed by atoms with van der Waals surface area (Å²) in [6, 6.07) is 2.54. The third-order valence-corrected chi connectivity index (χ3v) is 3.17. The zero-order valence-electron chi connectivity index (χ0n) is 11.1. The lowest BCUT2D eigenvalue weighted by atomic mass is 9.89. The number of ether oxygens (including phenoxy) is 2. The number of benzene rings is 1. The van der Waals surface area contributed by atoms with Crippen LogP contribution in [-0.2, 0) is 10.3 Å². The van der Waals surface area contributed by atoms with Gasteiger partial charge in [-0.25, -0.2) is 0 Å². The van der Waals surface area contributed by atoms with E-state index in [1.165, 1.54) is 20.1 Å². The van der Waals surface area contributed by atoms with Crippen LogP contribution in [0.1, 0.15) is 28.4 Å². The summed E-state index contributed by atoms with van der Waals surface area (Å²) in [4.78, 5) is 10.9. The van der Waals surface area contributed by atoms with Crippen LogP contribution in [0.3, 0.4) is 0 Å². The van der Waals surface area contributed by atoms with Crippen molar-refractivity contribution < 1.29 is 27.4 Å². The molecule has 0 bridgehead atoms. The summed E-state index contributed by atoms with van der Waals surface area (Å²) in [5, 5.41) is 0. The fourth-order valence-electron chi connectivity index (χ4n) is 1.86. The third-order valence-electron chi connectivity index (χ3n) is 3.17. The minimum Gasteiger partial charge on any atom is -0.496 e. The predicted octanol–water partition coefficient (Wildman–Crippen LogP) is 3.24. The maximum atomic E-state index is 13.1. The number of aldehydes is 1. The Hall–Kier alpha value is -1.56. The lowest BCUT2D eigenvalue weighted by Crippen LogP contribution is -2.41. The highest BCUT2D eigenvalue weighted by molar-refractivity contribution is 5.80. The van der Waals surface area contributed by atoms with E-state index in [9.17, 15) is 18.0 Å². The lowest BCUT2D eigenvalue weighted by molar-refractivity contribution is -0.269. The van der Waals surface area contributed by atoms with E-state index in [1.54, 1.807) is 0 Å². The molecule has 0 aromatic heterocycles. The van der Waals surface area contributed by atoms with Gasteiger partial charge in [0, 0.05) is 7.11 Å². The van der Waals surface area contributed by atoms with Crippen molar-refractivity contribution in [3.8, 4) is 5.75 Å². The first-order chi connectivity index (χ1) is 8.71. The molecule has 1 unspecified atom stereocenters. The molecular weight excluding hydrogens is 261 g/mol. The van der Waals surface area contributed by atoms with Crippen LogP contribution in [0.25, 0.3) is 0 Å². The van der Waals surface area contributed by atoms with E-state index < -0.39 is 11.8 Å². The van der Waals surface area contributed by atoms with Gasteiger partial charge >= 0.3 is 6.18 Å². The maximum absolute atomic E-state index is 13.1. The summed E-state index contributed by atoms with van der Waals surface area (Å²) in [5.41, 5.74) is -2.19. The Kier molecular flexibility index (Phi) is 4.25. The molecule has 1 atom stereocenters. The van der Waals surface area contributed by atoms with Gasteiger partial charge in [-0.1, -0.05) is 0 Å². The number of carbonyl (C=O) groups is 1. The Labute approximate surface area is 109 Å². The summed E-state index contributed by atoms with van der Waals surface area (Å²) in [6.45, 7) is 2.44. The van der Waals surface area contributed by atoms with E-state index in [-0.39, 0.29) is 16.9 Å². The maximum Gasteiger partial charge on any atom is 0.421 e. The van der Waals surface area contributed by atoms with Crippen LogP contribution >= 0.6 is 0 Å². The van der Waals surface area contributed by atoms with Crippen LogP contribution in [0.5, 0.6) is 5.75 Å². The molecule has 1 aromatic rings. The summed E-state index contributed by atoms with van der Waals surface area (Å²) in [6.07, 6.45) is -4.14. The van der Waals surface area contributed by atoms with Gasteiger partial charge in [0.15, 0.2) is 11.9 Å². The molecule has 1 aromatic carbocycles. The highest BCUT2D eigenvalue weighted by Gasteiger charge is 2.53. The molecule has 3 nitrogen and oxygen atoms in total. The van der Waals surface area contributed by atoms with Gasteiger partial charge in [-0.2, -0.15) is 13.2 Å². The van der Waals surface area contributed by atoms with Crippen molar-refractivity contribution in [2.24, 2.45) is 0 Å². The SMILES string of the molecule is COc1cc(C)c(C(C)(OC)C(F)(F)F)cc1C=O. The Balaban J connectivity index is 3.54. The van der Waals surface area contributed by atoms with Crippen molar-refractivity contribution in [1.82, 2.24) is 0 Å². The molecule has 0 aliphatic rings. The monoisotopic (exact) mass is 276 g/mol. The second-order valence-electron chi connectivity index (χ2n) is 4.26. The van der Waals surface area contributed by atoms with E-state index in [0.29, 0.717) is 11.8 Å². The molecule has 0 aliphatic heterocycles. The van der Waals surface area contributed by atoms with E-state index in [1.807, 2.05) is 0 Å². The molecule has 0 radical (unpaired) electrons. The van der Waals surface area contributed by atoms with Crippen LogP contribution in [0, 0.1) is 6.92 Å². The van der Waals surface area contributed by atoms with Crippen LogP contribution < -0.4 is 4.74 Å². The number of hydrogen-bond acceptors (Lipinski definition) is 3. The molecule has 0 heterocycles. The number of rotatable bonds is 4. The van der Waals surface area contributed by atoms with Gasteiger partial charge in [0.1, 0.15) is 5.75 Å². The van der Waals surface area contributed by atoms with Crippen molar-refractivity contribution in [3.63, 3.8) is 0 Å². The highest BCUT2D eigenvalue weighted by atomic mass is 19.4. The summed E-state index contributed by atoms with van der Waals surface area (Å²) in [7, 11) is 2.33. The van der Waals surface area contributed by atoms with E-state index in [4.69, 9.17) is 4.74 Å². The lowest BCUT2D eigenvalue weighted by Gasteiger charge is -2.32. The second-order valence-corrected chi connectivity index (χ2v) is 4.26. The number of hydrogen-bond donors (Lipinski definition) is 0. The van der Waals surface area contributed by atoms with E-state index in [2.05, 4.69) is 4.74 Å². The summed E-state index contributed by atoms with van der Waals surface area (Å²) >= 11 is 0.